The van der Waals surface area contributed by atoms with E-state index in [-0.39, 0.29) is 24.1 Å². The van der Waals surface area contributed by atoms with Crippen LogP contribution in [0.5, 0.6) is 6.01 Å². The van der Waals surface area contributed by atoms with Gasteiger partial charge >= 0.3 is 6.01 Å². The summed E-state index contributed by atoms with van der Waals surface area (Å²) in [6, 6.07) is 11.7. The third-order valence-electron chi connectivity index (χ3n) is 4.77. The maximum absolute atomic E-state index is 12.8. The first-order valence-electron chi connectivity index (χ1n) is 9.23. The third kappa shape index (κ3) is 4.33. The fourth-order valence-electron chi connectivity index (χ4n) is 3.29. The molecule has 0 radical (unpaired) electrons. The quantitative estimate of drug-likeness (QED) is 0.708. The molecular formula is C20H20FN5O2. The average Bonchev–Trinajstić information content (AvgIpc) is 3.22. The van der Waals surface area contributed by atoms with Crippen molar-refractivity contribution in [2.75, 3.05) is 0 Å². The van der Waals surface area contributed by atoms with Crippen molar-refractivity contribution in [1.29, 1.82) is 0 Å². The smallest absolute Gasteiger partial charge is 0.316 e. The number of aromatic amines is 1. The lowest BCUT2D eigenvalue weighted by molar-refractivity contribution is 0.0880. The SMILES string of the molecule is O=C(NC1CCC(Oc2ncc(F)cn2)CC1)c1cc(-c2ccccc2)n[nH]1. The minimum atomic E-state index is -0.493. The van der Waals surface area contributed by atoms with Crippen molar-refractivity contribution in [2.24, 2.45) is 0 Å². The number of hydrogen-bond donors (Lipinski definition) is 2. The van der Waals surface area contributed by atoms with E-state index in [0.717, 1.165) is 49.3 Å². The molecule has 2 heterocycles. The monoisotopic (exact) mass is 381 g/mol. The Labute approximate surface area is 161 Å². The van der Waals surface area contributed by atoms with Crippen LogP contribution in [0.25, 0.3) is 11.3 Å². The van der Waals surface area contributed by atoms with E-state index in [1.165, 1.54) is 0 Å². The zero-order valence-electron chi connectivity index (χ0n) is 15.1. The van der Waals surface area contributed by atoms with Gasteiger partial charge in [-0.2, -0.15) is 5.10 Å². The van der Waals surface area contributed by atoms with Crippen molar-refractivity contribution in [2.45, 2.75) is 37.8 Å². The molecule has 1 amide bonds. The fourth-order valence-corrected chi connectivity index (χ4v) is 3.29. The van der Waals surface area contributed by atoms with Gasteiger partial charge in [-0.3, -0.25) is 9.89 Å². The molecule has 3 aromatic rings. The van der Waals surface area contributed by atoms with Gasteiger partial charge in [0.15, 0.2) is 5.82 Å². The lowest BCUT2D eigenvalue weighted by Gasteiger charge is -2.28. The Bertz CT molecular complexity index is 921. The van der Waals surface area contributed by atoms with Gasteiger partial charge in [-0.05, 0) is 31.7 Å². The van der Waals surface area contributed by atoms with Crippen LogP contribution in [0.1, 0.15) is 36.2 Å². The maximum atomic E-state index is 12.8. The lowest BCUT2D eigenvalue weighted by Crippen LogP contribution is -2.40. The van der Waals surface area contributed by atoms with E-state index >= 15 is 0 Å². The Kier molecular flexibility index (Phi) is 5.27. The Balaban J connectivity index is 1.28. The number of rotatable bonds is 5. The van der Waals surface area contributed by atoms with Crippen molar-refractivity contribution in [3.05, 3.63) is 60.3 Å². The van der Waals surface area contributed by atoms with E-state index < -0.39 is 5.82 Å². The number of benzene rings is 1. The number of aromatic nitrogens is 4. The van der Waals surface area contributed by atoms with Crippen LogP contribution in [-0.2, 0) is 0 Å². The number of ether oxygens (including phenoxy) is 1. The summed E-state index contributed by atoms with van der Waals surface area (Å²) in [4.78, 5) is 20.1. The van der Waals surface area contributed by atoms with Crippen LogP contribution in [0.2, 0.25) is 0 Å². The van der Waals surface area contributed by atoms with Crippen LogP contribution in [0, 0.1) is 5.82 Å². The highest BCUT2D eigenvalue weighted by atomic mass is 19.1. The summed E-state index contributed by atoms with van der Waals surface area (Å²) in [6.07, 6.45) is 5.25. The first-order valence-corrected chi connectivity index (χ1v) is 9.23. The highest BCUT2D eigenvalue weighted by molar-refractivity contribution is 5.93. The minimum absolute atomic E-state index is 0.0320. The van der Waals surface area contributed by atoms with Crippen LogP contribution >= 0.6 is 0 Å². The van der Waals surface area contributed by atoms with E-state index in [1.54, 1.807) is 6.07 Å². The molecule has 2 N–H and O–H groups in total. The molecule has 1 saturated carbocycles. The molecular weight excluding hydrogens is 361 g/mol. The molecule has 28 heavy (non-hydrogen) atoms. The average molecular weight is 381 g/mol. The Morgan fingerprint density at radius 2 is 1.82 bits per heavy atom. The van der Waals surface area contributed by atoms with Crippen molar-refractivity contribution < 1.29 is 13.9 Å². The van der Waals surface area contributed by atoms with Gasteiger partial charge in [0.25, 0.3) is 5.91 Å². The van der Waals surface area contributed by atoms with Crippen LogP contribution in [-0.4, -0.2) is 38.2 Å². The molecule has 1 aliphatic rings. The number of carbonyl (C=O) groups excluding carboxylic acids is 1. The minimum Gasteiger partial charge on any atom is -0.460 e. The van der Waals surface area contributed by atoms with Gasteiger partial charge < -0.3 is 10.1 Å². The van der Waals surface area contributed by atoms with Gasteiger partial charge in [-0.25, -0.2) is 14.4 Å². The Morgan fingerprint density at radius 3 is 2.54 bits per heavy atom. The van der Waals surface area contributed by atoms with E-state index in [9.17, 15) is 9.18 Å². The van der Waals surface area contributed by atoms with Gasteiger partial charge in [-0.15, -0.1) is 0 Å². The second-order valence-electron chi connectivity index (χ2n) is 6.78. The normalized spacial score (nSPS) is 19.2. The van der Waals surface area contributed by atoms with Gasteiger partial charge in [-0.1, -0.05) is 30.3 Å². The summed E-state index contributed by atoms with van der Waals surface area (Å²) >= 11 is 0. The molecule has 1 fully saturated rings. The zero-order chi connectivity index (χ0) is 19.3. The van der Waals surface area contributed by atoms with Crippen LogP contribution in [0.3, 0.4) is 0 Å². The molecule has 0 bridgehead atoms. The molecule has 4 rings (SSSR count). The van der Waals surface area contributed by atoms with Gasteiger partial charge in [0.2, 0.25) is 0 Å². The van der Waals surface area contributed by atoms with Crippen molar-refractivity contribution in [1.82, 2.24) is 25.5 Å². The van der Waals surface area contributed by atoms with Crippen molar-refractivity contribution >= 4 is 5.91 Å². The molecule has 1 aromatic carbocycles. The first-order chi connectivity index (χ1) is 13.7. The summed E-state index contributed by atoms with van der Waals surface area (Å²) < 4.78 is 18.5. The highest BCUT2D eigenvalue weighted by Crippen LogP contribution is 2.23. The number of nitrogens with zero attached hydrogens (tertiary/aromatic N) is 3. The predicted molar refractivity (Wildman–Crippen MR) is 100 cm³/mol. The molecule has 0 aliphatic heterocycles. The molecule has 8 heteroatoms. The molecule has 0 atom stereocenters. The predicted octanol–water partition coefficient (Wildman–Crippen LogP) is 3.13. The second kappa shape index (κ2) is 8.16. The molecule has 0 saturated heterocycles. The number of halogens is 1. The van der Waals surface area contributed by atoms with Gasteiger partial charge in [0, 0.05) is 11.6 Å². The van der Waals surface area contributed by atoms with Crippen LogP contribution < -0.4 is 10.1 Å². The highest BCUT2D eigenvalue weighted by Gasteiger charge is 2.25. The summed E-state index contributed by atoms with van der Waals surface area (Å²) in [5.74, 6) is -0.658. The summed E-state index contributed by atoms with van der Waals surface area (Å²) in [5.41, 5.74) is 2.14. The maximum Gasteiger partial charge on any atom is 0.316 e. The molecule has 0 unspecified atom stereocenters. The number of H-pyrrole nitrogens is 1. The number of hydrogen-bond acceptors (Lipinski definition) is 5. The van der Waals surface area contributed by atoms with Crippen molar-refractivity contribution in [3.63, 3.8) is 0 Å². The van der Waals surface area contributed by atoms with E-state index in [0.29, 0.717) is 5.69 Å². The van der Waals surface area contributed by atoms with Gasteiger partial charge in [0.1, 0.15) is 11.8 Å². The van der Waals surface area contributed by atoms with Crippen LogP contribution in [0.15, 0.2) is 48.8 Å². The molecule has 144 valence electrons. The molecule has 0 spiro atoms. The Hall–Kier alpha value is -3.29. The second-order valence-corrected chi connectivity index (χ2v) is 6.78. The molecule has 7 nitrogen and oxygen atoms in total. The van der Waals surface area contributed by atoms with E-state index in [4.69, 9.17) is 4.74 Å². The zero-order valence-corrected chi connectivity index (χ0v) is 15.1. The van der Waals surface area contributed by atoms with Gasteiger partial charge in [0.05, 0.1) is 18.1 Å². The van der Waals surface area contributed by atoms with E-state index in [2.05, 4.69) is 25.5 Å². The lowest BCUT2D eigenvalue weighted by atomic mass is 9.93. The number of carbonyl (C=O) groups is 1. The van der Waals surface area contributed by atoms with E-state index in [1.807, 2.05) is 30.3 Å². The fraction of sp³-hybridized carbons (Fsp3) is 0.300. The number of amides is 1. The van der Waals surface area contributed by atoms with Crippen molar-refractivity contribution in [3.8, 4) is 17.3 Å². The molecule has 2 aromatic heterocycles. The summed E-state index contributed by atoms with van der Waals surface area (Å²) in [5, 5.41) is 10.1. The largest absolute Gasteiger partial charge is 0.460 e. The number of nitrogens with one attached hydrogen (secondary N) is 2. The summed E-state index contributed by atoms with van der Waals surface area (Å²) in [6.45, 7) is 0. The topological polar surface area (TPSA) is 92.8 Å². The first kappa shape index (κ1) is 18.1. The third-order valence-corrected chi connectivity index (χ3v) is 4.77. The molecule has 1 aliphatic carbocycles. The standard InChI is InChI=1S/C20H20FN5O2/c21-14-11-22-20(23-12-14)28-16-8-6-15(7-9-16)24-19(27)18-10-17(25-26-18)13-4-2-1-3-5-13/h1-5,10-12,15-16H,6-9H2,(H,24,27)(H,25,26). The summed E-state index contributed by atoms with van der Waals surface area (Å²) in [7, 11) is 0. The Morgan fingerprint density at radius 1 is 1.11 bits per heavy atom. The van der Waals surface area contributed by atoms with Crippen LogP contribution in [0.4, 0.5) is 4.39 Å².